The normalized spacial score (nSPS) is 6.67. The van der Waals surface area contributed by atoms with Gasteiger partial charge in [0.25, 0.3) is 0 Å². The molecule has 0 saturated carbocycles. The zero-order chi connectivity index (χ0) is 3.54. The molecular weight excluding hydrogens is 261 g/mol. The smallest absolute Gasteiger partial charge is 0 e. The van der Waals surface area contributed by atoms with Crippen molar-refractivity contribution in [1.29, 1.82) is 0 Å². The summed E-state index contributed by atoms with van der Waals surface area (Å²) >= 11 is 1.71. The third-order valence-corrected chi connectivity index (χ3v) is 1.05. The Labute approximate surface area is 56.7 Å². The average Bonchev–Trinajstić information content (AvgIpc) is 1.76. The second-order valence-corrected chi connectivity index (χ2v) is 1.61. The predicted octanol–water partition coefficient (Wildman–Crippen LogP) is 1.75. The third-order valence-electron chi connectivity index (χ3n) is 0.425. The summed E-state index contributed by atoms with van der Waals surface area (Å²) in [6.45, 7) is 0. The molecule has 0 atom stereocenters. The number of rotatable bonds is 0. The van der Waals surface area contributed by atoms with E-state index in [1.165, 1.54) is 0 Å². The fourth-order valence-electron chi connectivity index (χ4n) is 0.227. The van der Waals surface area contributed by atoms with Gasteiger partial charge in [0.2, 0.25) is 0 Å². The molecule has 1 rings (SSSR count). The maximum absolute atomic E-state index is 2.04. The first-order chi connectivity index (χ1) is 2.50. The molecule has 31 valence electrons. The molecule has 0 fully saturated rings. The van der Waals surface area contributed by atoms with Crippen molar-refractivity contribution in [1.82, 2.24) is 0 Å². The molecule has 0 aliphatic rings. The first-order valence-electron chi connectivity index (χ1n) is 1.47. The summed E-state index contributed by atoms with van der Waals surface area (Å²) in [7, 11) is 0. The van der Waals surface area contributed by atoms with Gasteiger partial charge in [-0.3, -0.25) is 0 Å². The van der Waals surface area contributed by atoms with Gasteiger partial charge in [-0.25, -0.2) is 0 Å². The van der Waals surface area contributed by atoms with Crippen LogP contribution in [-0.4, -0.2) is 0 Å². The number of thiophene rings is 1. The Balaban J connectivity index is 0.000000250. The van der Waals surface area contributed by atoms with Gasteiger partial charge in [0.15, 0.2) is 0 Å². The van der Waals surface area contributed by atoms with Gasteiger partial charge in [0, 0.05) is 22.4 Å². The minimum Gasteiger partial charge on any atom is -0.152 e. The first kappa shape index (κ1) is 6.44. The van der Waals surface area contributed by atoms with Crippen LogP contribution in [0, 0.1) is 0 Å². The van der Waals surface area contributed by atoms with Crippen LogP contribution in [-0.2, 0) is 22.4 Å². The van der Waals surface area contributed by atoms with E-state index in [2.05, 4.69) is 0 Å². The van der Waals surface area contributed by atoms with Crippen molar-refractivity contribution >= 4 is 11.3 Å². The van der Waals surface area contributed by atoms with Crippen LogP contribution in [0.15, 0.2) is 22.9 Å². The van der Waals surface area contributed by atoms with Gasteiger partial charge in [0.05, 0.1) is 0 Å². The molecule has 6 heavy (non-hydrogen) atoms. The van der Waals surface area contributed by atoms with Gasteiger partial charge in [-0.1, -0.05) is 12.1 Å². The SMILES string of the molecule is [Ta].c1ccsc1. The molecule has 2 heteroatoms. The van der Waals surface area contributed by atoms with Crippen molar-refractivity contribution in [2.75, 3.05) is 0 Å². The standard InChI is InChI=1S/C4H4S.Ta/c1-2-4-5-3-1;/h1-4H;. The molecule has 0 aromatic carbocycles. The molecule has 0 unspecified atom stereocenters. The molecule has 1 heterocycles. The molecule has 0 N–H and O–H groups in total. The van der Waals surface area contributed by atoms with Crippen LogP contribution in [0.5, 0.6) is 0 Å². The van der Waals surface area contributed by atoms with Gasteiger partial charge >= 0.3 is 0 Å². The average molecular weight is 265 g/mol. The molecule has 0 bridgehead atoms. The molecule has 1 aromatic heterocycles. The van der Waals surface area contributed by atoms with Gasteiger partial charge in [-0.15, -0.1) is 0 Å². The van der Waals surface area contributed by atoms with E-state index in [1.54, 1.807) is 11.3 Å². The Kier molecular flexibility index (Phi) is 3.89. The van der Waals surface area contributed by atoms with E-state index in [9.17, 15) is 0 Å². The van der Waals surface area contributed by atoms with Crippen molar-refractivity contribution in [3.05, 3.63) is 22.9 Å². The minimum absolute atomic E-state index is 0. The molecule has 0 amide bonds. The van der Waals surface area contributed by atoms with Crippen molar-refractivity contribution in [2.24, 2.45) is 0 Å². The summed E-state index contributed by atoms with van der Waals surface area (Å²) in [6, 6.07) is 4.04. The Morgan fingerprint density at radius 1 is 1.00 bits per heavy atom. The summed E-state index contributed by atoms with van der Waals surface area (Å²) in [5.74, 6) is 0. The molecule has 0 aliphatic heterocycles. The van der Waals surface area contributed by atoms with E-state index < -0.39 is 0 Å². The summed E-state index contributed by atoms with van der Waals surface area (Å²) in [5.41, 5.74) is 0. The van der Waals surface area contributed by atoms with Crippen molar-refractivity contribution < 1.29 is 22.4 Å². The summed E-state index contributed by atoms with van der Waals surface area (Å²) in [6.07, 6.45) is 0. The Morgan fingerprint density at radius 2 is 1.50 bits per heavy atom. The second kappa shape index (κ2) is 3.62. The first-order valence-corrected chi connectivity index (χ1v) is 2.41. The maximum Gasteiger partial charge on any atom is 0 e. The fourth-order valence-corrected chi connectivity index (χ4v) is 0.680. The third kappa shape index (κ3) is 1.78. The van der Waals surface area contributed by atoms with Gasteiger partial charge < -0.3 is 0 Å². The van der Waals surface area contributed by atoms with Crippen LogP contribution >= 0.6 is 11.3 Å². The van der Waals surface area contributed by atoms with E-state index in [4.69, 9.17) is 0 Å². The van der Waals surface area contributed by atoms with Crippen LogP contribution < -0.4 is 0 Å². The Morgan fingerprint density at radius 3 is 1.67 bits per heavy atom. The number of hydrogen-bond donors (Lipinski definition) is 0. The van der Waals surface area contributed by atoms with Crippen LogP contribution in [0.1, 0.15) is 0 Å². The number of hydrogen-bond acceptors (Lipinski definition) is 1. The van der Waals surface area contributed by atoms with E-state index >= 15 is 0 Å². The van der Waals surface area contributed by atoms with Crippen molar-refractivity contribution in [3.8, 4) is 0 Å². The molecule has 0 nitrogen and oxygen atoms in total. The second-order valence-electron chi connectivity index (χ2n) is 0.793. The molecule has 1 radical (unpaired) electrons. The summed E-state index contributed by atoms with van der Waals surface area (Å²) < 4.78 is 0. The minimum atomic E-state index is 0. The van der Waals surface area contributed by atoms with Crippen LogP contribution in [0.3, 0.4) is 0 Å². The maximum atomic E-state index is 2.04. The molecule has 0 aliphatic carbocycles. The van der Waals surface area contributed by atoms with E-state index in [-0.39, 0.29) is 22.4 Å². The molecule has 0 saturated heterocycles. The van der Waals surface area contributed by atoms with Gasteiger partial charge in [0.1, 0.15) is 0 Å². The van der Waals surface area contributed by atoms with Crippen LogP contribution in [0.4, 0.5) is 0 Å². The van der Waals surface area contributed by atoms with Crippen molar-refractivity contribution in [3.63, 3.8) is 0 Å². The molecular formula is C4H4STa. The summed E-state index contributed by atoms with van der Waals surface area (Å²) in [5, 5.41) is 4.08. The van der Waals surface area contributed by atoms with Gasteiger partial charge in [-0.05, 0) is 10.8 Å². The molecule has 1 aromatic rings. The van der Waals surface area contributed by atoms with Crippen molar-refractivity contribution in [2.45, 2.75) is 0 Å². The zero-order valence-electron chi connectivity index (χ0n) is 3.16. The van der Waals surface area contributed by atoms with Crippen LogP contribution in [0.25, 0.3) is 0 Å². The summed E-state index contributed by atoms with van der Waals surface area (Å²) in [4.78, 5) is 0. The van der Waals surface area contributed by atoms with E-state index in [1.807, 2.05) is 22.9 Å². The zero-order valence-corrected chi connectivity index (χ0v) is 7.19. The fraction of sp³-hybridized carbons (Fsp3) is 0. The monoisotopic (exact) mass is 265 g/mol. The quantitative estimate of drug-likeness (QED) is 0.670. The van der Waals surface area contributed by atoms with Gasteiger partial charge in [-0.2, -0.15) is 11.3 Å². The Bertz CT molecular complexity index is 64.0. The van der Waals surface area contributed by atoms with E-state index in [0.717, 1.165) is 0 Å². The predicted molar refractivity (Wildman–Crippen MR) is 24.3 cm³/mol. The molecule has 0 spiro atoms. The van der Waals surface area contributed by atoms with Crippen LogP contribution in [0.2, 0.25) is 0 Å². The topological polar surface area (TPSA) is 0 Å². The van der Waals surface area contributed by atoms with E-state index in [0.29, 0.717) is 0 Å². The Hall–Kier alpha value is 0.440. The largest absolute Gasteiger partial charge is 0.152 e.